The second-order valence-electron chi connectivity index (χ2n) is 4.35. The molecule has 0 saturated heterocycles. The first-order chi connectivity index (χ1) is 9.00. The number of rotatable bonds is 5. The van der Waals surface area contributed by atoms with Crippen molar-refractivity contribution in [2.24, 2.45) is 0 Å². The number of aryl methyl sites for hydroxylation is 1. The molecule has 0 radical (unpaired) electrons. The maximum Gasteiger partial charge on any atom is 0.389 e. The summed E-state index contributed by atoms with van der Waals surface area (Å²) in [6, 6.07) is 3.22. The Morgan fingerprint density at radius 3 is 2.45 bits per heavy atom. The minimum Gasteiger partial charge on any atom is -0.397 e. The maximum atomic E-state index is 12.0. The number of anilines is 2. The van der Waals surface area contributed by atoms with Gasteiger partial charge < -0.3 is 5.73 Å². The Kier molecular flexibility index (Phi) is 5.31. The molecule has 114 valence electrons. The van der Waals surface area contributed by atoms with E-state index < -0.39 is 34.8 Å². The molecule has 0 saturated carbocycles. The van der Waals surface area contributed by atoms with Gasteiger partial charge >= 0.3 is 6.18 Å². The van der Waals surface area contributed by atoms with Crippen LogP contribution in [0.25, 0.3) is 0 Å². The molecular weight excluding hydrogens is 361 g/mol. The molecular formula is C11H14BrF3N2O2S. The highest BCUT2D eigenvalue weighted by molar-refractivity contribution is 9.10. The van der Waals surface area contributed by atoms with Crippen molar-refractivity contribution < 1.29 is 21.6 Å². The minimum absolute atomic E-state index is 0.141. The first-order valence-electron chi connectivity index (χ1n) is 5.63. The number of hydrogen-bond donors (Lipinski definition) is 2. The van der Waals surface area contributed by atoms with E-state index in [1.807, 2.05) is 0 Å². The minimum atomic E-state index is -4.36. The smallest absolute Gasteiger partial charge is 0.389 e. The zero-order valence-electron chi connectivity index (χ0n) is 10.6. The van der Waals surface area contributed by atoms with Gasteiger partial charge in [-0.25, -0.2) is 8.42 Å². The van der Waals surface area contributed by atoms with Crippen LogP contribution in [0.4, 0.5) is 24.5 Å². The second kappa shape index (κ2) is 6.21. The Bertz CT molecular complexity index is 565. The lowest BCUT2D eigenvalue weighted by Gasteiger charge is -2.13. The van der Waals surface area contributed by atoms with E-state index in [0.717, 1.165) is 5.56 Å². The summed E-state index contributed by atoms with van der Waals surface area (Å²) < 4.78 is 62.0. The molecule has 0 heterocycles. The van der Waals surface area contributed by atoms with E-state index in [4.69, 9.17) is 5.73 Å². The monoisotopic (exact) mass is 374 g/mol. The zero-order valence-corrected chi connectivity index (χ0v) is 13.0. The van der Waals surface area contributed by atoms with Gasteiger partial charge in [-0.2, -0.15) is 13.2 Å². The summed E-state index contributed by atoms with van der Waals surface area (Å²) in [5, 5.41) is 0. The first-order valence-corrected chi connectivity index (χ1v) is 8.07. The number of halogens is 4. The lowest BCUT2D eigenvalue weighted by atomic mass is 10.2. The van der Waals surface area contributed by atoms with Crippen molar-refractivity contribution in [1.82, 2.24) is 0 Å². The van der Waals surface area contributed by atoms with Gasteiger partial charge in [0.1, 0.15) is 0 Å². The van der Waals surface area contributed by atoms with Crippen LogP contribution in [-0.4, -0.2) is 20.3 Å². The average molecular weight is 375 g/mol. The van der Waals surface area contributed by atoms with Crippen LogP contribution in [0.5, 0.6) is 0 Å². The van der Waals surface area contributed by atoms with Crippen molar-refractivity contribution in [3.8, 4) is 0 Å². The largest absolute Gasteiger partial charge is 0.397 e. The Morgan fingerprint density at radius 1 is 1.35 bits per heavy atom. The van der Waals surface area contributed by atoms with Crippen molar-refractivity contribution in [3.05, 3.63) is 22.2 Å². The number of hydrogen-bond acceptors (Lipinski definition) is 3. The van der Waals surface area contributed by atoms with Gasteiger partial charge in [-0.1, -0.05) is 0 Å². The van der Waals surface area contributed by atoms with Gasteiger partial charge in [0.25, 0.3) is 0 Å². The molecule has 0 atom stereocenters. The van der Waals surface area contributed by atoms with Crippen LogP contribution >= 0.6 is 15.9 Å². The van der Waals surface area contributed by atoms with Gasteiger partial charge in [0.2, 0.25) is 10.0 Å². The highest BCUT2D eigenvalue weighted by atomic mass is 79.9. The topological polar surface area (TPSA) is 72.2 Å². The van der Waals surface area contributed by atoms with Gasteiger partial charge in [-0.15, -0.1) is 0 Å². The molecule has 0 fully saturated rings. The van der Waals surface area contributed by atoms with Gasteiger partial charge in [-0.05, 0) is 47.0 Å². The fraction of sp³-hybridized carbons (Fsp3) is 0.455. The first kappa shape index (κ1) is 17.1. The third kappa shape index (κ3) is 5.58. The van der Waals surface area contributed by atoms with Crippen LogP contribution in [0.2, 0.25) is 0 Å². The summed E-state index contributed by atoms with van der Waals surface area (Å²) in [4.78, 5) is 0. The SMILES string of the molecule is Cc1cc(N)c(NS(=O)(=O)CCCC(F)(F)F)c(Br)c1. The summed E-state index contributed by atoms with van der Waals surface area (Å²) in [7, 11) is -3.87. The Balaban J connectivity index is 2.77. The van der Waals surface area contributed by atoms with Gasteiger partial charge in [0.05, 0.1) is 17.1 Å². The standard InChI is InChI=1S/C11H14BrF3N2O2S/c1-7-5-8(12)10(9(16)6-7)17-20(18,19)4-2-3-11(13,14)15/h5-6,17H,2-4,16H2,1H3. The van der Waals surface area contributed by atoms with Crippen LogP contribution in [-0.2, 0) is 10.0 Å². The molecule has 0 unspecified atom stereocenters. The molecule has 9 heteroatoms. The van der Waals surface area contributed by atoms with E-state index >= 15 is 0 Å². The van der Waals surface area contributed by atoms with Crippen LogP contribution in [0, 0.1) is 6.92 Å². The molecule has 0 bridgehead atoms. The van der Waals surface area contributed by atoms with E-state index in [9.17, 15) is 21.6 Å². The lowest BCUT2D eigenvalue weighted by Crippen LogP contribution is -2.19. The predicted molar refractivity (Wildman–Crippen MR) is 76.0 cm³/mol. The fourth-order valence-corrected chi connectivity index (χ4v) is 3.53. The molecule has 1 rings (SSSR count). The Morgan fingerprint density at radius 2 is 1.95 bits per heavy atom. The van der Waals surface area contributed by atoms with Crippen molar-refractivity contribution >= 4 is 37.3 Å². The quantitative estimate of drug-likeness (QED) is 0.775. The fourth-order valence-electron chi connectivity index (χ4n) is 1.55. The van der Waals surface area contributed by atoms with Crippen LogP contribution in [0.1, 0.15) is 18.4 Å². The number of nitrogens with one attached hydrogen (secondary N) is 1. The molecule has 3 N–H and O–H groups in total. The summed E-state index contributed by atoms with van der Waals surface area (Å²) in [5.74, 6) is -0.619. The van der Waals surface area contributed by atoms with Crippen LogP contribution in [0.3, 0.4) is 0 Å². The summed E-state index contributed by atoms with van der Waals surface area (Å²) in [6.45, 7) is 1.78. The normalized spacial score (nSPS) is 12.4. The molecule has 20 heavy (non-hydrogen) atoms. The van der Waals surface area contributed by atoms with E-state index in [1.165, 1.54) is 0 Å². The Labute approximate surface area is 123 Å². The third-order valence-corrected chi connectivity index (χ3v) is 4.36. The van der Waals surface area contributed by atoms with Crippen molar-refractivity contribution in [2.45, 2.75) is 25.9 Å². The molecule has 1 aromatic rings. The second-order valence-corrected chi connectivity index (χ2v) is 7.05. The van der Waals surface area contributed by atoms with Crippen molar-refractivity contribution in [1.29, 1.82) is 0 Å². The molecule has 4 nitrogen and oxygen atoms in total. The van der Waals surface area contributed by atoms with E-state index in [2.05, 4.69) is 20.7 Å². The number of nitrogen functional groups attached to an aromatic ring is 1. The molecule has 0 aliphatic heterocycles. The average Bonchev–Trinajstić information content (AvgIpc) is 2.21. The van der Waals surface area contributed by atoms with E-state index in [1.54, 1.807) is 19.1 Å². The number of benzene rings is 1. The van der Waals surface area contributed by atoms with E-state index in [-0.39, 0.29) is 11.4 Å². The Hall–Kier alpha value is -0.960. The number of nitrogens with two attached hydrogens (primary N) is 1. The van der Waals surface area contributed by atoms with Crippen LogP contribution < -0.4 is 10.5 Å². The zero-order chi connectivity index (χ0) is 15.6. The van der Waals surface area contributed by atoms with Gasteiger partial charge in [0.15, 0.2) is 0 Å². The van der Waals surface area contributed by atoms with Crippen molar-refractivity contribution in [2.75, 3.05) is 16.2 Å². The maximum absolute atomic E-state index is 12.0. The third-order valence-electron chi connectivity index (χ3n) is 2.40. The van der Waals surface area contributed by atoms with E-state index in [0.29, 0.717) is 4.47 Å². The molecule has 0 aliphatic rings. The predicted octanol–water partition coefficient (Wildman–Crippen LogP) is 3.42. The summed E-state index contributed by atoms with van der Waals surface area (Å²) in [5.41, 5.74) is 6.86. The molecule has 0 amide bonds. The van der Waals surface area contributed by atoms with Gasteiger partial charge in [0, 0.05) is 10.9 Å². The number of sulfonamides is 1. The molecule has 0 spiro atoms. The highest BCUT2D eigenvalue weighted by Crippen LogP contribution is 2.31. The van der Waals surface area contributed by atoms with Crippen LogP contribution in [0.15, 0.2) is 16.6 Å². The lowest BCUT2D eigenvalue weighted by molar-refractivity contribution is -0.134. The summed E-state index contributed by atoms with van der Waals surface area (Å²) >= 11 is 3.16. The van der Waals surface area contributed by atoms with Gasteiger partial charge in [-0.3, -0.25) is 4.72 Å². The molecule has 0 aliphatic carbocycles. The highest BCUT2D eigenvalue weighted by Gasteiger charge is 2.27. The molecule has 0 aromatic heterocycles. The molecule has 1 aromatic carbocycles. The summed E-state index contributed by atoms with van der Waals surface area (Å²) in [6.07, 6.45) is -6.00. The number of alkyl halides is 3. The van der Waals surface area contributed by atoms with Crippen molar-refractivity contribution in [3.63, 3.8) is 0 Å².